The quantitative estimate of drug-likeness (QED) is 0.824. The van der Waals surface area contributed by atoms with Crippen molar-refractivity contribution in [3.63, 3.8) is 0 Å². The molecule has 1 rings (SSSR count). The number of nitrogens with zero attached hydrogens (tertiary/aromatic N) is 1. The highest BCUT2D eigenvalue weighted by atomic mass is 79.9. The van der Waals surface area contributed by atoms with Crippen molar-refractivity contribution in [3.8, 4) is 0 Å². The van der Waals surface area contributed by atoms with E-state index in [2.05, 4.69) is 65.4 Å². The predicted octanol–water partition coefficient (Wildman–Crippen LogP) is 3.72. The molecule has 0 bridgehead atoms. The summed E-state index contributed by atoms with van der Waals surface area (Å²) in [6, 6.07) is 3.41. The third-order valence-corrected chi connectivity index (χ3v) is 4.58. The Kier molecular flexibility index (Phi) is 6.70. The van der Waals surface area contributed by atoms with Gasteiger partial charge in [-0.05, 0) is 48.9 Å². The third-order valence-electron chi connectivity index (χ3n) is 2.89. The van der Waals surface area contributed by atoms with Gasteiger partial charge >= 0.3 is 0 Å². The molecule has 1 heterocycles. The molecule has 1 aromatic rings. The van der Waals surface area contributed by atoms with Crippen molar-refractivity contribution < 1.29 is 0 Å². The Hall–Kier alpha value is 0.1000. The van der Waals surface area contributed by atoms with E-state index >= 15 is 0 Å². The Bertz CT molecular complexity index is 325. The summed E-state index contributed by atoms with van der Waals surface area (Å²) < 4.78 is 1.19. The first-order valence-electron chi connectivity index (χ1n) is 6.15. The zero-order valence-corrected chi connectivity index (χ0v) is 13.6. The van der Waals surface area contributed by atoms with Gasteiger partial charge in [-0.2, -0.15) is 0 Å². The highest BCUT2D eigenvalue weighted by Gasteiger charge is 2.10. The highest BCUT2D eigenvalue weighted by molar-refractivity contribution is 9.10. The molecule has 1 N–H and O–H groups in total. The Morgan fingerprint density at radius 3 is 2.65 bits per heavy atom. The SMILES string of the molecule is CC(C)NCCC(C)N(C)Cc1cc(Br)cs1. The summed E-state index contributed by atoms with van der Waals surface area (Å²) in [6.45, 7) is 8.82. The van der Waals surface area contributed by atoms with E-state index in [1.807, 2.05) is 11.3 Å². The van der Waals surface area contributed by atoms with Crippen LogP contribution in [0.4, 0.5) is 0 Å². The van der Waals surface area contributed by atoms with Gasteiger partial charge in [0.1, 0.15) is 0 Å². The van der Waals surface area contributed by atoms with Crippen molar-refractivity contribution in [3.05, 3.63) is 20.8 Å². The third kappa shape index (κ3) is 6.00. The van der Waals surface area contributed by atoms with Crippen LogP contribution in [0.15, 0.2) is 15.9 Å². The van der Waals surface area contributed by atoms with Crippen LogP contribution in [0.2, 0.25) is 0 Å². The zero-order chi connectivity index (χ0) is 12.8. The molecule has 98 valence electrons. The lowest BCUT2D eigenvalue weighted by Crippen LogP contribution is -2.33. The van der Waals surface area contributed by atoms with E-state index in [1.54, 1.807) is 0 Å². The molecule has 1 aromatic heterocycles. The van der Waals surface area contributed by atoms with Gasteiger partial charge in [0.25, 0.3) is 0 Å². The minimum Gasteiger partial charge on any atom is -0.314 e. The smallest absolute Gasteiger partial charge is 0.0328 e. The second-order valence-electron chi connectivity index (χ2n) is 4.89. The van der Waals surface area contributed by atoms with Crippen molar-refractivity contribution >= 4 is 27.3 Å². The fraction of sp³-hybridized carbons (Fsp3) is 0.692. The molecule has 0 saturated carbocycles. The van der Waals surface area contributed by atoms with E-state index in [0.717, 1.165) is 13.1 Å². The molecule has 0 spiro atoms. The molecule has 2 nitrogen and oxygen atoms in total. The summed E-state index contributed by atoms with van der Waals surface area (Å²) in [7, 11) is 2.20. The van der Waals surface area contributed by atoms with E-state index in [9.17, 15) is 0 Å². The second-order valence-corrected chi connectivity index (χ2v) is 6.80. The maximum absolute atomic E-state index is 3.50. The maximum atomic E-state index is 3.50. The van der Waals surface area contributed by atoms with E-state index < -0.39 is 0 Å². The van der Waals surface area contributed by atoms with Crippen LogP contribution in [0.3, 0.4) is 0 Å². The number of thiophene rings is 1. The first-order chi connectivity index (χ1) is 7.99. The molecule has 17 heavy (non-hydrogen) atoms. The van der Waals surface area contributed by atoms with Crippen LogP contribution < -0.4 is 5.32 Å². The van der Waals surface area contributed by atoms with E-state index in [-0.39, 0.29) is 0 Å². The molecule has 4 heteroatoms. The first kappa shape index (κ1) is 15.2. The molecule has 0 amide bonds. The molecule has 0 aliphatic heterocycles. The largest absolute Gasteiger partial charge is 0.314 e. The Balaban J connectivity index is 2.29. The lowest BCUT2D eigenvalue weighted by molar-refractivity contribution is 0.237. The fourth-order valence-electron chi connectivity index (χ4n) is 1.64. The minimum atomic E-state index is 0.584. The highest BCUT2D eigenvalue weighted by Crippen LogP contribution is 2.21. The van der Waals surface area contributed by atoms with Crippen LogP contribution in [0, 0.1) is 0 Å². The van der Waals surface area contributed by atoms with Gasteiger partial charge in [0.2, 0.25) is 0 Å². The van der Waals surface area contributed by atoms with Gasteiger partial charge < -0.3 is 5.32 Å². The predicted molar refractivity (Wildman–Crippen MR) is 80.7 cm³/mol. The van der Waals surface area contributed by atoms with E-state index in [1.165, 1.54) is 15.8 Å². The second kappa shape index (κ2) is 7.52. The van der Waals surface area contributed by atoms with Gasteiger partial charge in [-0.25, -0.2) is 0 Å². The van der Waals surface area contributed by atoms with Crippen molar-refractivity contribution in [1.29, 1.82) is 0 Å². The average Bonchev–Trinajstić information content (AvgIpc) is 2.63. The summed E-state index contributed by atoms with van der Waals surface area (Å²) in [5.41, 5.74) is 0. The van der Waals surface area contributed by atoms with Gasteiger partial charge in [0.15, 0.2) is 0 Å². The van der Waals surface area contributed by atoms with Crippen LogP contribution >= 0.6 is 27.3 Å². The number of halogens is 1. The van der Waals surface area contributed by atoms with Gasteiger partial charge in [-0.1, -0.05) is 13.8 Å². The van der Waals surface area contributed by atoms with E-state index in [4.69, 9.17) is 0 Å². The van der Waals surface area contributed by atoms with E-state index in [0.29, 0.717) is 12.1 Å². The molecular weight excluding hydrogens is 296 g/mol. The van der Waals surface area contributed by atoms with Gasteiger partial charge in [0.05, 0.1) is 0 Å². The van der Waals surface area contributed by atoms with Crippen molar-refractivity contribution in [1.82, 2.24) is 10.2 Å². The molecule has 0 saturated heterocycles. The summed E-state index contributed by atoms with van der Waals surface area (Å²) >= 11 is 5.32. The normalized spacial score (nSPS) is 13.6. The maximum Gasteiger partial charge on any atom is 0.0328 e. The summed E-state index contributed by atoms with van der Waals surface area (Å²) in [4.78, 5) is 3.84. The Morgan fingerprint density at radius 2 is 2.12 bits per heavy atom. The molecule has 0 aliphatic carbocycles. The monoisotopic (exact) mass is 318 g/mol. The average molecular weight is 319 g/mol. The lowest BCUT2D eigenvalue weighted by Gasteiger charge is -2.24. The molecule has 0 aromatic carbocycles. The molecule has 1 atom stereocenters. The fourth-order valence-corrected chi connectivity index (χ4v) is 3.15. The van der Waals surface area contributed by atoms with Crippen LogP contribution in [-0.2, 0) is 6.54 Å². The zero-order valence-electron chi connectivity index (χ0n) is 11.2. The molecule has 0 radical (unpaired) electrons. The van der Waals surface area contributed by atoms with Gasteiger partial charge in [0, 0.05) is 33.4 Å². The summed E-state index contributed by atoms with van der Waals surface area (Å²) in [5, 5.41) is 5.61. The van der Waals surface area contributed by atoms with Crippen molar-refractivity contribution in [2.45, 2.75) is 45.8 Å². The Morgan fingerprint density at radius 1 is 1.41 bits per heavy atom. The minimum absolute atomic E-state index is 0.584. The Labute approximate surface area is 118 Å². The van der Waals surface area contributed by atoms with Crippen LogP contribution in [0.5, 0.6) is 0 Å². The van der Waals surface area contributed by atoms with Gasteiger partial charge in [-0.3, -0.25) is 4.90 Å². The number of hydrogen-bond acceptors (Lipinski definition) is 3. The number of nitrogens with one attached hydrogen (secondary N) is 1. The topological polar surface area (TPSA) is 15.3 Å². The summed E-state index contributed by atoms with van der Waals surface area (Å²) in [5.74, 6) is 0. The van der Waals surface area contributed by atoms with Crippen LogP contribution in [-0.4, -0.2) is 30.6 Å². The molecule has 0 fully saturated rings. The molecule has 0 aliphatic rings. The van der Waals surface area contributed by atoms with Crippen LogP contribution in [0.1, 0.15) is 32.1 Å². The van der Waals surface area contributed by atoms with Crippen LogP contribution in [0.25, 0.3) is 0 Å². The molecule has 1 unspecified atom stereocenters. The first-order valence-corrected chi connectivity index (χ1v) is 7.83. The number of rotatable bonds is 7. The van der Waals surface area contributed by atoms with Crippen molar-refractivity contribution in [2.24, 2.45) is 0 Å². The standard InChI is InChI=1S/C13H23BrN2S/c1-10(2)15-6-5-11(3)16(4)8-13-7-12(14)9-17-13/h7,9-11,15H,5-6,8H2,1-4H3. The van der Waals surface area contributed by atoms with Gasteiger partial charge in [-0.15, -0.1) is 11.3 Å². The van der Waals surface area contributed by atoms with Crippen molar-refractivity contribution in [2.75, 3.05) is 13.6 Å². The number of hydrogen-bond donors (Lipinski definition) is 1. The summed E-state index contributed by atoms with van der Waals surface area (Å²) in [6.07, 6.45) is 1.20. The lowest BCUT2D eigenvalue weighted by atomic mass is 10.2. The molecular formula is C13H23BrN2S.